The highest BCUT2D eigenvalue weighted by atomic mass is 32.1. The van der Waals surface area contributed by atoms with Gasteiger partial charge in [0.05, 0.1) is 15.2 Å². The second kappa shape index (κ2) is 9.14. The quantitative estimate of drug-likeness (QED) is 0.625. The molecule has 1 heterocycles. The Labute approximate surface area is 161 Å². The van der Waals surface area contributed by atoms with E-state index in [0.29, 0.717) is 30.8 Å². The van der Waals surface area contributed by atoms with Gasteiger partial charge in [-0.2, -0.15) is 0 Å². The van der Waals surface area contributed by atoms with Crippen LogP contribution in [0.2, 0.25) is 0 Å². The van der Waals surface area contributed by atoms with Gasteiger partial charge in [0, 0.05) is 25.1 Å². The van der Waals surface area contributed by atoms with Gasteiger partial charge >= 0.3 is 0 Å². The summed E-state index contributed by atoms with van der Waals surface area (Å²) in [6.07, 6.45) is 0.980. The van der Waals surface area contributed by atoms with E-state index in [1.807, 2.05) is 31.2 Å². The number of carbonyl (C=O) groups is 2. The summed E-state index contributed by atoms with van der Waals surface area (Å²) in [5, 5.41) is 6.48. The number of para-hydroxylation sites is 1. The van der Waals surface area contributed by atoms with E-state index in [1.54, 1.807) is 35.6 Å². The van der Waals surface area contributed by atoms with E-state index in [1.165, 1.54) is 0 Å². The third-order valence-corrected chi connectivity index (χ3v) is 4.88. The number of amides is 2. The number of thiazole rings is 1. The molecular formula is C20H21N3O3S. The van der Waals surface area contributed by atoms with Crippen LogP contribution < -0.4 is 15.4 Å². The van der Waals surface area contributed by atoms with Gasteiger partial charge in [-0.05, 0) is 43.3 Å². The molecule has 0 saturated heterocycles. The number of ether oxygens (including phenoxy) is 1. The highest BCUT2D eigenvalue weighted by Gasteiger charge is 2.08. The Morgan fingerprint density at radius 3 is 2.59 bits per heavy atom. The van der Waals surface area contributed by atoms with E-state index >= 15 is 0 Å². The Hall–Kier alpha value is -2.93. The number of rotatable bonds is 8. The van der Waals surface area contributed by atoms with E-state index in [9.17, 15) is 9.59 Å². The van der Waals surface area contributed by atoms with Crippen LogP contribution in [0.3, 0.4) is 0 Å². The number of benzene rings is 2. The monoisotopic (exact) mass is 383 g/mol. The standard InChI is InChI=1S/C20H21N3O3S/c1-2-21-19(25)13-26-15-9-7-14(8-10-15)22-18(24)11-12-20-23-16-5-3-4-6-17(16)27-20/h3-10H,2,11-13H2,1H3,(H,21,25)(H,22,24). The zero-order chi connectivity index (χ0) is 19.1. The van der Waals surface area contributed by atoms with Gasteiger partial charge in [0.2, 0.25) is 5.91 Å². The van der Waals surface area contributed by atoms with Crippen LogP contribution in [-0.4, -0.2) is 29.9 Å². The molecule has 0 bridgehead atoms. The van der Waals surface area contributed by atoms with Crippen molar-refractivity contribution in [2.45, 2.75) is 19.8 Å². The number of carbonyl (C=O) groups excluding carboxylic acids is 2. The molecular weight excluding hydrogens is 362 g/mol. The first kappa shape index (κ1) is 18.8. The SMILES string of the molecule is CCNC(=O)COc1ccc(NC(=O)CCc2nc3ccccc3s2)cc1. The van der Waals surface area contributed by atoms with Gasteiger partial charge in [-0.15, -0.1) is 11.3 Å². The summed E-state index contributed by atoms with van der Waals surface area (Å²) < 4.78 is 6.52. The first-order valence-corrected chi connectivity index (χ1v) is 9.59. The average molecular weight is 383 g/mol. The van der Waals surface area contributed by atoms with Gasteiger partial charge < -0.3 is 15.4 Å². The largest absolute Gasteiger partial charge is 0.484 e. The molecule has 140 valence electrons. The van der Waals surface area contributed by atoms with E-state index in [-0.39, 0.29) is 18.4 Å². The first-order chi connectivity index (χ1) is 13.1. The van der Waals surface area contributed by atoms with Crippen molar-refractivity contribution in [3.05, 3.63) is 53.5 Å². The lowest BCUT2D eigenvalue weighted by atomic mass is 10.2. The van der Waals surface area contributed by atoms with Crippen LogP contribution in [-0.2, 0) is 16.0 Å². The fourth-order valence-electron chi connectivity index (χ4n) is 2.50. The molecule has 3 rings (SSSR count). The van der Waals surface area contributed by atoms with Gasteiger partial charge in [-0.3, -0.25) is 9.59 Å². The van der Waals surface area contributed by atoms with E-state index in [4.69, 9.17) is 4.74 Å². The molecule has 0 atom stereocenters. The minimum absolute atomic E-state index is 0.0261. The Bertz CT molecular complexity index is 889. The number of likely N-dealkylation sites (N-methyl/N-ethyl adjacent to an activating group) is 1. The maximum Gasteiger partial charge on any atom is 0.257 e. The van der Waals surface area contributed by atoms with Gasteiger partial charge in [-0.1, -0.05) is 12.1 Å². The maximum atomic E-state index is 12.2. The van der Waals surface area contributed by atoms with Crippen molar-refractivity contribution in [2.24, 2.45) is 0 Å². The van der Waals surface area contributed by atoms with Gasteiger partial charge in [0.25, 0.3) is 5.91 Å². The highest BCUT2D eigenvalue weighted by Crippen LogP contribution is 2.22. The second-order valence-corrected chi connectivity index (χ2v) is 7.01. The molecule has 0 unspecified atom stereocenters. The van der Waals surface area contributed by atoms with Crippen molar-refractivity contribution in [2.75, 3.05) is 18.5 Å². The molecule has 2 N–H and O–H groups in total. The van der Waals surface area contributed by atoms with E-state index in [2.05, 4.69) is 15.6 Å². The molecule has 0 aliphatic heterocycles. The summed E-state index contributed by atoms with van der Waals surface area (Å²) in [5.74, 6) is 0.351. The van der Waals surface area contributed by atoms with Gasteiger partial charge in [0.15, 0.2) is 6.61 Å². The number of fused-ring (bicyclic) bond motifs is 1. The molecule has 0 fully saturated rings. The predicted octanol–water partition coefficient (Wildman–Crippen LogP) is 3.38. The smallest absolute Gasteiger partial charge is 0.257 e. The summed E-state index contributed by atoms with van der Waals surface area (Å²) in [6.45, 7) is 2.40. The number of aryl methyl sites for hydroxylation is 1. The number of anilines is 1. The minimum Gasteiger partial charge on any atom is -0.484 e. The predicted molar refractivity (Wildman–Crippen MR) is 107 cm³/mol. The molecule has 0 saturated carbocycles. The minimum atomic E-state index is -0.162. The lowest BCUT2D eigenvalue weighted by Gasteiger charge is -2.08. The molecule has 7 heteroatoms. The average Bonchev–Trinajstić information content (AvgIpc) is 3.09. The van der Waals surface area contributed by atoms with Crippen molar-refractivity contribution in [1.29, 1.82) is 0 Å². The van der Waals surface area contributed by atoms with E-state index in [0.717, 1.165) is 15.2 Å². The van der Waals surface area contributed by atoms with Crippen LogP contribution in [0, 0.1) is 0 Å². The third-order valence-electron chi connectivity index (χ3n) is 3.79. The van der Waals surface area contributed by atoms with Gasteiger partial charge in [-0.25, -0.2) is 4.98 Å². The second-order valence-electron chi connectivity index (χ2n) is 5.89. The third kappa shape index (κ3) is 5.52. The van der Waals surface area contributed by atoms with E-state index < -0.39 is 0 Å². The normalized spacial score (nSPS) is 10.6. The molecule has 2 amide bonds. The molecule has 6 nitrogen and oxygen atoms in total. The topological polar surface area (TPSA) is 80.3 Å². The molecule has 0 aliphatic rings. The number of hydrogen-bond donors (Lipinski definition) is 2. The van der Waals surface area contributed by atoms with Crippen LogP contribution in [0.25, 0.3) is 10.2 Å². The maximum absolute atomic E-state index is 12.2. The Balaban J connectivity index is 1.46. The Kier molecular flexibility index (Phi) is 6.38. The molecule has 3 aromatic rings. The summed E-state index contributed by atoms with van der Waals surface area (Å²) in [5.41, 5.74) is 1.66. The fourth-order valence-corrected chi connectivity index (χ4v) is 3.47. The molecule has 27 heavy (non-hydrogen) atoms. The Morgan fingerprint density at radius 1 is 1.07 bits per heavy atom. The summed E-state index contributed by atoms with van der Waals surface area (Å²) in [4.78, 5) is 28.1. The van der Waals surface area contributed by atoms with Crippen LogP contribution in [0.4, 0.5) is 5.69 Å². The number of nitrogens with zero attached hydrogens (tertiary/aromatic N) is 1. The summed E-state index contributed by atoms with van der Waals surface area (Å²) >= 11 is 1.62. The molecule has 0 aliphatic carbocycles. The molecule has 2 aromatic carbocycles. The number of hydrogen-bond acceptors (Lipinski definition) is 5. The molecule has 0 spiro atoms. The lowest BCUT2D eigenvalue weighted by Crippen LogP contribution is -2.28. The van der Waals surface area contributed by atoms with Crippen molar-refractivity contribution in [1.82, 2.24) is 10.3 Å². The molecule has 0 radical (unpaired) electrons. The zero-order valence-electron chi connectivity index (χ0n) is 15.0. The van der Waals surface area contributed by atoms with Crippen LogP contribution in [0.1, 0.15) is 18.4 Å². The van der Waals surface area contributed by atoms with Crippen LogP contribution in [0.5, 0.6) is 5.75 Å². The highest BCUT2D eigenvalue weighted by molar-refractivity contribution is 7.18. The molecule has 1 aromatic heterocycles. The number of nitrogens with one attached hydrogen (secondary N) is 2. The van der Waals surface area contributed by atoms with Crippen LogP contribution in [0.15, 0.2) is 48.5 Å². The van der Waals surface area contributed by atoms with Crippen molar-refractivity contribution < 1.29 is 14.3 Å². The fraction of sp³-hybridized carbons (Fsp3) is 0.250. The lowest BCUT2D eigenvalue weighted by molar-refractivity contribution is -0.123. The summed E-state index contributed by atoms with van der Waals surface area (Å²) in [7, 11) is 0. The van der Waals surface area contributed by atoms with Gasteiger partial charge in [0.1, 0.15) is 5.75 Å². The van der Waals surface area contributed by atoms with Crippen molar-refractivity contribution in [3.8, 4) is 5.75 Å². The van der Waals surface area contributed by atoms with Crippen LogP contribution >= 0.6 is 11.3 Å². The summed E-state index contributed by atoms with van der Waals surface area (Å²) in [6, 6.07) is 14.9. The van der Waals surface area contributed by atoms with Crippen molar-refractivity contribution >= 4 is 39.1 Å². The van der Waals surface area contributed by atoms with Crippen molar-refractivity contribution in [3.63, 3.8) is 0 Å². The Morgan fingerprint density at radius 2 is 1.85 bits per heavy atom. The zero-order valence-corrected chi connectivity index (χ0v) is 15.8. The number of aromatic nitrogens is 1. The first-order valence-electron chi connectivity index (χ1n) is 8.78.